The van der Waals surface area contributed by atoms with Crippen molar-refractivity contribution in [2.24, 2.45) is 4.99 Å². The second-order valence-corrected chi connectivity index (χ2v) is 6.15. The molecule has 0 saturated heterocycles. The average Bonchev–Trinajstić information content (AvgIpc) is 2.53. The van der Waals surface area contributed by atoms with E-state index in [4.69, 9.17) is 4.99 Å². The summed E-state index contributed by atoms with van der Waals surface area (Å²) in [6.45, 7) is 4.38. The minimum Gasteiger partial charge on any atom is -0.394 e. The van der Waals surface area contributed by atoms with Gasteiger partial charge in [0, 0.05) is 5.71 Å². The zero-order chi connectivity index (χ0) is 15.5. The number of nitrogens with zero attached hydrogens (tertiary/aromatic N) is 1. The lowest BCUT2D eigenvalue weighted by atomic mass is 9.85. The van der Waals surface area contributed by atoms with Gasteiger partial charge < -0.3 is 5.11 Å². The topological polar surface area (TPSA) is 32.6 Å². The van der Waals surface area contributed by atoms with Crippen molar-refractivity contribution in [1.29, 1.82) is 0 Å². The third-order valence-corrected chi connectivity index (χ3v) is 4.44. The van der Waals surface area contributed by atoms with Crippen molar-refractivity contribution in [1.82, 2.24) is 0 Å². The van der Waals surface area contributed by atoms with Gasteiger partial charge in [0.25, 0.3) is 0 Å². The van der Waals surface area contributed by atoms with Gasteiger partial charge in [0.1, 0.15) is 0 Å². The number of aliphatic imine (C=N–C) groups is 1. The molecule has 0 spiro atoms. The zero-order valence-corrected chi connectivity index (χ0v) is 13.3. The van der Waals surface area contributed by atoms with E-state index in [-0.39, 0.29) is 12.6 Å². The molecule has 0 aromatic heterocycles. The molecule has 1 aliphatic rings. The van der Waals surface area contributed by atoms with Gasteiger partial charge in [-0.1, -0.05) is 42.0 Å². The molecule has 1 atom stereocenters. The summed E-state index contributed by atoms with van der Waals surface area (Å²) in [5, 5.41) is 9.76. The number of benzene rings is 2. The largest absolute Gasteiger partial charge is 0.394 e. The molecule has 0 amide bonds. The van der Waals surface area contributed by atoms with Crippen molar-refractivity contribution in [3.63, 3.8) is 0 Å². The Hall–Kier alpha value is -1.93. The van der Waals surface area contributed by atoms with Crippen LogP contribution in [0.4, 0.5) is 0 Å². The van der Waals surface area contributed by atoms with Crippen LogP contribution < -0.4 is 0 Å². The molecule has 1 unspecified atom stereocenters. The summed E-state index contributed by atoms with van der Waals surface area (Å²) in [6, 6.07) is 14.4. The second-order valence-electron chi connectivity index (χ2n) is 6.15. The number of aliphatic hydroxyl groups is 1. The molecule has 2 nitrogen and oxygen atoms in total. The van der Waals surface area contributed by atoms with Crippen LogP contribution in [0, 0.1) is 13.8 Å². The fraction of sp³-hybridized carbons (Fsp3) is 0.350. The highest BCUT2D eigenvalue weighted by atomic mass is 16.3. The van der Waals surface area contributed by atoms with E-state index in [1.165, 1.54) is 22.3 Å². The van der Waals surface area contributed by atoms with Gasteiger partial charge in [-0.2, -0.15) is 0 Å². The Balaban J connectivity index is 2.03. The maximum atomic E-state index is 9.76. The molecular formula is C20H23NO. The summed E-state index contributed by atoms with van der Waals surface area (Å²) in [5.41, 5.74) is 7.59. The fourth-order valence-corrected chi connectivity index (χ4v) is 3.37. The van der Waals surface area contributed by atoms with Crippen molar-refractivity contribution in [3.05, 3.63) is 70.3 Å². The molecular weight excluding hydrogens is 270 g/mol. The summed E-state index contributed by atoms with van der Waals surface area (Å²) in [5.74, 6) is 0. The summed E-state index contributed by atoms with van der Waals surface area (Å²) in [7, 11) is 0. The van der Waals surface area contributed by atoms with Gasteiger partial charge in [0.2, 0.25) is 0 Å². The van der Waals surface area contributed by atoms with Gasteiger partial charge in [0.15, 0.2) is 0 Å². The Bertz CT molecular complexity index is 688. The quantitative estimate of drug-likeness (QED) is 0.905. The first-order chi connectivity index (χ1) is 10.7. The molecule has 0 saturated carbocycles. The van der Waals surface area contributed by atoms with Crippen LogP contribution in [0.1, 0.15) is 46.7 Å². The second kappa shape index (κ2) is 6.45. The maximum Gasteiger partial charge on any atom is 0.0983 e. The number of hydrogen-bond acceptors (Lipinski definition) is 2. The van der Waals surface area contributed by atoms with Gasteiger partial charge in [-0.25, -0.2) is 0 Å². The van der Waals surface area contributed by atoms with Crippen molar-refractivity contribution in [2.45, 2.75) is 39.2 Å². The lowest BCUT2D eigenvalue weighted by molar-refractivity contribution is 0.269. The van der Waals surface area contributed by atoms with E-state index in [0.717, 1.165) is 30.5 Å². The Morgan fingerprint density at radius 2 is 1.86 bits per heavy atom. The first kappa shape index (κ1) is 15.0. The van der Waals surface area contributed by atoms with Crippen molar-refractivity contribution < 1.29 is 5.11 Å². The van der Waals surface area contributed by atoms with Gasteiger partial charge in [0.05, 0.1) is 12.6 Å². The van der Waals surface area contributed by atoms with E-state index >= 15 is 0 Å². The Morgan fingerprint density at radius 1 is 1.09 bits per heavy atom. The maximum absolute atomic E-state index is 9.76. The van der Waals surface area contributed by atoms with Gasteiger partial charge in [-0.3, -0.25) is 4.99 Å². The highest BCUT2D eigenvalue weighted by molar-refractivity contribution is 6.03. The van der Waals surface area contributed by atoms with Crippen LogP contribution in [0.25, 0.3) is 0 Å². The molecule has 0 bridgehead atoms. The van der Waals surface area contributed by atoms with E-state index in [0.29, 0.717) is 0 Å². The van der Waals surface area contributed by atoms with Crippen LogP contribution >= 0.6 is 0 Å². The molecule has 0 heterocycles. The van der Waals surface area contributed by atoms with Crippen molar-refractivity contribution in [3.8, 4) is 0 Å². The van der Waals surface area contributed by atoms with Crippen LogP contribution in [0.2, 0.25) is 0 Å². The highest BCUT2D eigenvalue weighted by Gasteiger charge is 2.19. The number of fused-ring (bicyclic) bond motifs is 1. The first-order valence-corrected chi connectivity index (χ1v) is 8.02. The molecule has 3 rings (SSSR count). The summed E-state index contributed by atoms with van der Waals surface area (Å²) >= 11 is 0. The zero-order valence-electron chi connectivity index (χ0n) is 13.3. The SMILES string of the molecule is Cc1cc(C)c2c(c1)C(=NC(CO)c1ccccc1)CCC2. The molecule has 0 radical (unpaired) electrons. The molecule has 0 aliphatic heterocycles. The normalized spacial score (nSPS) is 17.3. The Kier molecular flexibility index (Phi) is 4.39. The van der Waals surface area contributed by atoms with Crippen molar-refractivity contribution >= 4 is 5.71 Å². The summed E-state index contributed by atoms with van der Waals surface area (Å²) in [6.07, 6.45) is 3.28. The van der Waals surface area contributed by atoms with Crippen LogP contribution in [0.5, 0.6) is 0 Å². The van der Waals surface area contributed by atoms with Crippen LogP contribution in [0.15, 0.2) is 47.5 Å². The molecule has 2 heteroatoms. The van der Waals surface area contributed by atoms with Crippen LogP contribution in [0.3, 0.4) is 0 Å². The molecule has 1 aliphatic carbocycles. The molecule has 2 aromatic rings. The van der Waals surface area contributed by atoms with E-state index in [9.17, 15) is 5.11 Å². The van der Waals surface area contributed by atoms with Crippen molar-refractivity contribution in [2.75, 3.05) is 6.61 Å². The summed E-state index contributed by atoms with van der Waals surface area (Å²) < 4.78 is 0. The van der Waals surface area contributed by atoms with E-state index in [1.54, 1.807) is 0 Å². The van der Waals surface area contributed by atoms with E-state index in [1.807, 2.05) is 30.3 Å². The van der Waals surface area contributed by atoms with Gasteiger partial charge in [-0.05, 0) is 61.4 Å². The highest BCUT2D eigenvalue weighted by Crippen LogP contribution is 2.28. The van der Waals surface area contributed by atoms with E-state index in [2.05, 4.69) is 26.0 Å². The van der Waals surface area contributed by atoms with Gasteiger partial charge in [-0.15, -0.1) is 0 Å². The fourth-order valence-electron chi connectivity index (χ4n) is 3.37. The standard InChI is InChI=1S/C20H23NO/c1-14-11-15(2)17-9-6-10-19(18(17)12-14)21-20(13-22)16-7-4-3-5-8-16/h3-5,7-8,11-12,20,22H,6,9-10,13H2,1-2H3. The monoisotopic (exact) mass is 293 g/mol. The predicted molar refractivity (Wildman–Crippen MR) is 91.7 cm³/mol. The van der Waals surface area contributed by atoms with Crippen LogP contribution in [-0.4, -0.2) is 17.4 Å². The first-order valence-electron chi connectivity index (χ1n) is 8.02. The third-order valence-electron chi connectivity index (χ3n) is 4.44. The molecule has 114 valence electrons. The number of aryl methyl sites for hydroxylation is 2. The molecule has 0 fully saturated rings. The lowest BCUT2D eigenvalue weighted by Crippen LogP contribution is -2.16. The third kappa shape index (κ3) is 2.97. The Morgan fingerprint density at radius 3 is 2.59 bits per heavy atom. The minimum atomic E-state index is -0.164. The molecule has 22 heavy (non-hydrogen) atoms. The Labute approximate surface area is 132 Å². The number of hydrogen-bond donors (Lipinski definition) is 1. The number of aliphatic hydroxyl groups excluding tert-OH is 1. The van der Waals surface area contributed by atoms with Crippen LogP contribution in [-0.2, 0) is 6.42 Å². The number of rotatable bonds is 3. The minimum absolute atomic E-state index is 0.0493. The van der Waals surface area contributed by atoms with Gasteiger partial charge >= 0.3 is 0 Å². The lowest BCUT2D eigenvalue weighted by Gasteiger charge is -2.22. The average molecular weight is 293 g/mol. The smallest absolute Gasteiger partial charge is 0.0983 e. The molecule has 1 N–H and O–H groups in total. The predicted octanol–water partition coefficient (Wildman–Crippen LogP) is 4.16. The summed E-state index contributed by atoms with van der Waals surface area (Å²) in [4.78, 5) is 4.91. The van der Waals surface area contributed by atoms with E-state index < -0.39 is 0 Å². The molecule has 2 aromatic carbocycles.